The zero-order valence-electron chi connectivity index (χ0n) is 10.9. The lowest BCUT2D eigenvalue weighted by Gasteiger charge is -2.11. The largest absolute Gasteiger partial charge is 0.489 e. The molecular formula is C15H13NO5. The van der Waals surface area contributed by atoms with Gasteiger partial charge in [-0.1, -0.05) is 12.1 Å². The summed E-state index contributed by atoms with van der Waals surface area (Å²) in [6, 6.07) is 10.9. The Balaban J connectivity index is 2.27. The van der Waals surface area contributed by atoms with E-state index in [1.807, 2.05) is 0 Å². The third kappa shape index (κ3) is 3.30. The number of nitrogens with two attached hydrogens (primary N) is 1. The molecular weight excluding hydrogens is 274 g/mol. The first-order chi connectivity index (χ1) is 9.99. The standard InChI is InChI=1S/C15H13NO5/c16-10-4-6-11(7-5-10)21-8-9-2-1-3-12(14(17)18)13(9)15(19)20/h1-7H,8,16H2,(H,17,18)(H,19,20). The number of carbonyl (C=O) groups is 2. The van der Waals surface area contributed by atoms with Crippen molar-refractivity contribution in [3.63, 3.8) is 0 Å². The molecule has 6 nitrogen and oxygen atoms in total. The van der Waals surface area contributed by atoms with E-state index in [0.29, 0.717) is 17.0 Å². The number of rotatable bonds is 5. The van der Waals surface area contributed by atoms with Crippen LogP contribution in [0.25, 0.3) is 0 Å². The molecule has 0 saturated heterocycles. The zero-order chi connectivity index (χ0) is 15.4. The van der Waals surface area contributed by atoms with Crippen molar-refractivity contribution in [3.8, 4) is 5.75 Å². The lowest BCUT2D eigenvalue weighted by atomic mass is 10.0. The third-order valence-electron chi connectivity index (χ3n) is 2.87. The zero-order valence-corrected chi connectivity index (χ0v) is 10.9. The van der Waals surface area contributed by atoms with E-state index in [4.69, 9.17) is 15.6 Å². The molecule has 21 heavy (non-hydrogen) atoms. The van der Waals surface area contributed by atoms with Gasteiger partial charge in [-0.3, -0.25) is 0 Å². The van der Waals surface area contributed by atoms with E-state index in [-0.39, 0.29) is 17.7 Å². The molecule has 2 aromatic carbocycles. The van der Waals surface area contributed by atoms with Crippen molar-refractivity contribution in [2.45, 2.75) is 6.61 Å². The average Bonchev–Trinajstić information content (AvgIpc) is 2.46. The molecule has 0 unspecified atom stereocenters. The van der Waals surface area contributed by atoms with Crippen LogP contribution < -0.4 is 10.5 Å². The molecule has 2 aromatic rings. The molecule has 0 atom stereocenters. The Hall–Kier alpha value is -3.02. The minimum atomic E-state index is -1.30. The summed E-state index contributed by atoms with van der Waals surface area (Å²) in [5.74, 6) is -2.08. The van der Waals surface area contributed by atoms with Crippen LogP contribution in [0.3, 0.4) is 0 Å². The van der Waals surface area contributed by atoms with Crippen molar-refractivity contribution >= 4 is 17.6 Å². The SMILES string of the molecule is Nc1ccc(OCc2cccc(C(=O)O)c2C(=O)O)cc1. The van der Waals surface area contributed by atoms with Gasteiger partial charge in [0.05, 0.1) is 11.1 Å². The average molecular weight is 287 g/mol. The maximum absolute atomic E-state index is 11.3. The lowest BCUT2D eigenvalue weighted by molar-refractivity contribution is 0.0649. The van der Waals surface area contributed by atoms with Crippen LogP contribution in [0.1, 0.15) is 26.3 Å². The molecule has 4 N–H and O–H groups in total. The molecule has 0 heterocycles. The predicted molar refractivity (Wildman–Crippen MR) is 75.5 cm³/mol. The first-order valence-electron chi connectivity index (χ1n) is 6.06. The molecule has 0 bridgehead atoms. The maximum atomic E-state index is 11.3. The highest BCUT2D eigenvalue weighted by Crippen LogP contribution is 2.19. The number of carboxylic acid groups (broad SMARTS) is 2. The Morgan fingerprint density at radius 2 is 1.67 bits per heavy atom. The number of hydrogen-bond acceptors (Lipinski definition) is 4. The van der Waals surface area contributed by atoms with E-state index in [1.165, 1.54) is 18.2 Å². The van der Waals surface area contributed by atoms with Crippen molar-refractivity contribution in [1.29, 1.82) is 0 Å². The maximum Gasteiger partial charge on any atom is 0.336 e. The van der Waals surface area contributed by atoms with Gasteiger partial charge in [0.25, 0.3) is 0 Å². The topological polar surface area (TPSA) is 110 Å². The second-order valence-electron chi connectivity index (χ2n) is 4.31. The van der Waals surface area contributed by atoms with Crippen LogP contribution in [0.5, 0.6) is 5.75 Å². The molecule has 0 fully saturated rings. The van der Waals surface area contributed by atoms with Gasteiger partial charge < -0.3 is 20.7 Å². The fourth-order valence-electron chi connectivity index (χ4n) is 1.88. The van der Waals surface area contributed by atoms with Gasteiger partial charge >= 0.3 is 11.9 Å². The van der Waals surface area contributed by atoms with Crippen molar-refractivity contribution in [1.82, 2.24) is 0 Å². The molecule has 0 aromatic heterocycles. The number of benzene rings is 2. The molecule has 0 aliphatic carbocycles. The predicted octanol–water partition coefficient (Wildman–Crippen LogP) is 2.24. The van der Waals surface area contributed by atoms with Crippen LogP contribution in [0.15, 0.2) is 42.5 Å². The Labute approximate surface area is 120 Å². The molecule has 6 heteroatoms. The molecule has 0 amide bonds. The summed E-state index contributed by atoms with van der Waals surface area (Å²) in [6.45, 7) is -0.0489. The van der Waals surface area contributed by atoms with Gasteiger partial charge in [-0.2, -0.15) is 0 Å². The highest BCUT2D eigenvalue weighted by Gasteiger charge is 2.19. The Morgan fingerprint density at radius 1 is 1.00 bits per heavy atom. The fraction of sp³-hybridized carbons (Fsp3) is 0.0667. The van der Waals surface area contributed by atoms with Gasteiger partial charge in [0.1, 0.15) is 12.4 Å². The summed E-state index contributed by atoms with van der Waals surface area (Å²) in [5, 5.41) is 18.2. The molecule has 2 rings (SSSR count). The second kappa shape index (κ2) is 5.96. The fourth-order valence-corrected chi connectivity index (χ4v) is 1.88. The first kappa shape index (κ1) is 14.4. The van der Waals surface area contributed by atoms with Crippen LogP contribution in [0, 0.1) is 0 Å². The van der Waals surface area contributed by atoms with E-state index < -0.39 is 11.9 Å². The number of nitrogen functional groups attached to an aromatic ring is 1. The van der Waals surface area contributed by atoms with E-state index in [2.05, 4.69) is 0 Å². The summed E-state index contributed by atoms with van der Waals surface area (Å²) in [6.07, 6.45) is 0. The van der Waals surface area contributed by atoms with Crippen molar-refractivity contribution in [2.24, 2.45) is 0 Å². The Bertz CT molecular complexity index is 679. The second-order valence-corrected chi connectivity index (χ2v) is 4.31. The van der Waals surface area contributed by atoms with Gasteiger partial charge in [-0.25, -0.2) is 9.59 Å². The summed E-state index contributed by atoms with van der Waals surface area (Å²) in [7, 11) is 0. The summed E-state index contributed by atoms with van der Waals surface area (Å²) >= 11 is 0. The lowest BCUT2D eigenvalue weighted by Crippen LogP contribution is -2.12. The first-order valence-corrected chi connectivity index (χ1v) is 6.06. The van der Waals surface area contributed by atoms with Crippen molar-refractivity contribution in [3.05, 3.63) is 59.2 Å². The highest BCUT2D eigenvalue weighted by molar-refractivity contribution is 6.02. The number of ether oxygens (including phenoxy) is 1. The van der Waals surface area contributed by atoms with E-state index in [0.717, 1.165) is 0 Å². The minimum absolute atomic E-state index is 0.0489. The molecule has 0 spiro atoms. The van der Waals surface area contributed by atoms with Gasteiger partial charge in [-0.05, 0) is 30.3 Å². The monoisotopic (exact) mass is 287 g/mol. The van der Waals surface area contributed by atoms with E-state index in [9.17, 15) is 14.7 Å². The Kier molecular flexibility index (Phi) is 4.08. The van der Waals surface area contributed by atoms with Crippen LogP contribution in [-0.4, -0.2) is 22.2 Å². The summed E-state index contributed by atoms with van der Waals surface area (Å²) < 4.78 is 5.46. The van der Waals surface area contributed by atoms with Crippen LogP contribution in [0.2, 0.25) is 0 Å². The third-order valence-corrected chi connectivity index (χ3v) is 2.87. The van der Waals surface area contributed by atoms with Crippen LogP contribution in [0.4, 0.5) is 5.69 Å². The normalized spacial score (nSPS) is 10.1. The minimum Gasteiger partial charge on any atom is -0.489 e. The van der Waals surface area contributed by atoms with Crippen LogP contribution >= 0.6 is 0 Å². The van der Waals surface area contributed by atoms with Gasteiger partial charge in [0.15, 0.2) is 0 Å². The number of carboxylic acids is 2. The smallest absolute Gasteiger partial charge is 0.336 e. The number of hydrogen-bond donors (Lipinski definition) is 3. The summed E-state index contributed by atoms with van der Waals surface area (Å²) in [5.41, 5.74) is 5.90. The molecule has 0 radical (unpaired) electrons. The quantitative estimate of drug-likeness (QED) is 0.727. The van der Waals surface area contributed by atoms with E-state index in [1.54, 1.807) is 24.3 Å². The number of aromatic carboxylic acids is 2. The molecule has 0 aliphatic rings. The highest BCUT2D eigenvalue weighted by atomic mass is 16.5. The van der Waals surface area contributed by atoms with Crippen molar-refractivity contribution in [2.75, 3.05) is 5.73 Å². The van der Waals surface area contributed by atoms with Crippen LogP contribution in [-0.2, 0) is 6.61 Å². The van der Waals surface area contributed by atoms with Gasteiger partial charge in [0, 0.05) is 11.3 Å². The Morgan fingerprint density at radius 3 is 2.24 bits per heavy atom. The molecule has 0 saturated carbocycles. The van der Waals surface area contributed by atoms with E-state index >= 15 is 0 Å². The number of anilines is 1. The summed E-state index contributed by atoms with van der Waals surface area (Å²) in [4.78, 5) is 22.3. The molecule has 0 aliphatic heterocycles. The van der Waals surface area contributed by atoms with Gasteiger partial charge in [-0.15, -0.1) is 0 Å². The van der Waals surface area contributed by atoms with Gasteiger partial charge in [0.2, 0.25) is 0 Å². The molecule has 108 valence electrons. The van der Waals surface area contributed by atoms with Crippen molar-refractivity contribution < 1.29 is 24.5 Å².